The van der Waals surface area contributed by atoms with Crippen LogP contribution in [0.4, 0.5) is 5.69 Å². The topological polar surface area (TPSA) is 55.6 Å². The van der Waals surface area contributed by atoms with Gasteiger partial charge in [-0.25, -0.2) is 0 Å². The van der Waals surface area contributed by atoms with Gasteiger partial charge in [-0.15, -0.1) is 0 Å². The maximum Gasteiger partial charge on any atom is 0.243 e. The average molecular weight is 268 g/mol. The van der Waals surface area contributed by atoms with Gasteiger partial charge in [-0.2, -0.15) is 0 Å². The predicted octanol–water partition coefficient (Wildman–Crippen LogP) is 2.54. The van der Waals surface area contributed by atoms with E-state index in [2.05, 4.69) is 0 Å². The Balaban J connectivity index is 1.73. The second-order valence-electron chi connectivity index (χ2n) is 4.79. The largest absolute Gasteiger partial charge is 0.457 e. The smallest absolute Gasteiger partial charge is 0.243 e. The summed E-state index contributed by atoms with van der Waals surface area (Å²) < 4.78 is 5.72. The van der Waals surface area contributed by atoms with Crippen LogP contribution in [0.3, 0.4) is 0 Å². The molecule has 1 atom stereocenters. The molecule has 3 rings (SSSR count). The molecule has 1 unspecified atom stereocenters. The molecule has 1 heterocycles. The predicted molar refractivity (Wildman–Crippen MR) is 77.9 cm³/mol. The van der Waals surface area contributed by atoms with Crippen LogP contribution < -0.4 is 15.4 Å². The van der Waals surface area contributed by atoms with Crippen molar-refractivity contribution in [2.75, 3.05) is 11.4 Å². The maximum atomic E-state index is 11.9. The van der Waals surface area contributed by atoms with Crippen LogP contribution in [-0.4, -0.2) is 18.5 Å². The Labute approximate surface area is 117 Å². The van der Waals surface area contributed by atoms with Crippen LogP contribution in [0, 0.1) is 0 Å². The number of rotatable bonds is 3. The van der Waals surface area contributed by atoms with Gasteiger partial charge >= 0.3 is 0 Å². The van der Waals surface area contributed by atoms with E-state index in [4.69, 9.17) is 10.5 Å². The second-order valence-corrected chi connectivity index (χ2v) is 4.79. The molecule has 0 saturated carbocycles. The molecule has 1 amide bonds. The highest BCUT2D eigenvalue weighted by Gasteiger charge is 2.29. The first kappa shape index (κ1) is 12.7. The van der Waals surface area contributed by atoms with E-state index in [0.717, 1.165) is 17.2 Å². The Kier molecular flexibility index (Phi) is 3.39. The molecule has 1 aliphatic heterocycles. The Morgan fingerprint density at radius 3 is 2.25 bits per heavy atom. The summed E-state index contributed by atoms with van der Waals surface area (Å²) in [4.78, 5) is 13.6. The van der Waals surface area contributed by atoms with E-state index in [1.54, 1.807) is 4.90 Å². The molecular formula is C16H16N2O2. The molecular weight excluding hydrogens is 252 g/mol. The fourth-order valence-corrected chi connectivity index (χ4v) is 2.28. The van der Waals surface area contributed by atoms with Gasteiger partial charge in [-0.3, -0.25) is 4.79 Å². The first-order chi connectivity index (χ1) is 9.74. The van der Waals surface area contributed by atoms with Crippen molar-refractivity contribution in [3.63, 3.8) is 0 Å². The van der Waals surface area contributed by atoms with Crippen LogP contribution in [-0.2, 0) is 4.79 Å². The third-order valence-corrected chi connectivity index (χ3v) is 3.37. The number of nitrogens with two attached hydrogens (primary N) is 1. The van der Waals surface area contributed by atoms with Gasteiger partial charge in [0.1, 0.15) is 11.5 Å². The maximum absolute atomic E-state index is 11.9. The van der Waals surface area contributed by atoms with E-state index in [1.165, 1.54) is 0 Å². The zero-order valence-electron chi connectivity index (χ0n) is 11.0. The van der Waals surface area contributed by atoms with Crippen molar-refractivity contribution in [1.82, 2.24) is 0 Å². The van der Waals surface area contributed by atoms with Crippen molar-refractivity contribution in [3.8, 4) is 11.5 Å². The lowest BCUT2D eigenvalue weighted by Crippen LogP contribution is -2.33. The molecule has 20 heavy (non-hydrogen) atoms. The van der Waals surface area contributed by atoms with Crippen molar-refractivity contribution < 1.29 is 9.53 Å². The molecule has 1 fully saturated rings. The van der Waals surface area contributed by atoms with Gasteiger partial charge in [0.15, 0.2) is 0 Å². The summed E-state index contributed by atoms with van der Waals surface area (Å²) in [5, 5.41) is 0. The standard InChI is InChI=1S/C16H16N2O2/c17-15-10-11-18(16(15)19)12-6-8-14(9-7-12)20-13-4-2-1-3-5-13/h1-9,15H,10-11,17H2. The number of anilines is 1. The molecule has 1 aliphatic rings. The number of nitrogens with zero attached hydrogens (tertiary/aromatic N) is 1. The summed E-state index contributed by atoms with van der Waals surface area (Å²) >= 11 is 0. The van der Waals surface area contributed by atoms with Crippen LogP contribution >= 0.6 is 0 Å². The molecule has 4 nitrogen and oxygen atoms in total. The third-order valence-electron chi connectivity index (χ3n) is 3.37. The van der Waals surface area contributed by atoms with E-state index in [9.17, 15) is 4.79 Å². The number of carbonyl (C=O) groups is 1. The number of carbonyl (C=O) groups excluding carboxylic acids is 1. The number of benzene rings is 2. The van der Waals surface area contributed by atoms with Crippen molar-refractivity contribution in [3.05, 3.63) is 54.6 Å². The van der Waals surface area contributed by atoms with Gasteiger partial charge in [-0.05, 0) is 42.8 Å². The first-order valence-corrected chi connectivity index (χ1v) is 6.64. The van der Waals surface area contributed by atoms with Crippen LogP contribution in [0.5, 0.6) is 11.5 Å². The normalized spacial score (nSPS) is 18.4. The van der Waals surface area contributed by atoms with Crippen LogP contribution in [0.25, 0.3) is 0 Å². The zero-order chi connectivity index (χ0) is 13.9. The molecule has 0 bridgehead atoms. The highest BCUT2D eigenvalue weighted by Crippen LogP contribution is 2.26. The fraction of sp³-hybridized carbons (Fsp3) is 0.188. The zero-order valence-corrected chi connectivity index (χ0v) is 11.0. The van der Waals surface area contributed by atoms with E-state index in [0.29, 0.717) is 13.0 Å². The summed E-state index contributed by atoms with van der Waals surface area (Å²) in [5.41, 5.74) is 6.59. The van der Waals surface area contributed by atoms with Crippen LogP contribution in [0.2, 0.25) is 0 Å². The number of para-hydroxylation sites is 1. The molecule has 0 radical (unpaired) electrons. The number of hydrogen-bond donors (Lipinski definition) is 1. The molecule has 0 spiro atoms. The Morgan fingerprint density at radius 1 is 1.00 bits per heavy atom. The number of hydrogen-bond acceptors (Lipinski definition) is 3. The molecule has 1 saturated heterocycles. The van der Waals surface area contributed by atoms with Crippen molar-refractivity contribution in [1.29, 1.82) is 0 Å². The SMILES string of the molecule is NC1CCN(c2ccc(Oc3ccccc3)cc2)C1=O. The minimum Gasteiger partial charge on any atom is -0.457 e. The molecule has 0 aliphatic carbocycles. The molecule has 2 N–H and O–H groups in total. The van der Waals surface area contributed by atoms with Gasteiger partial charge < -0.3 is 15.4 Å². The van der Waals surface area contributed by atoms with Gasteiger partial charge in [0, 0.05) is 12.2 Å². The monoisotopic (exact) mass is 268 g/mol. The summed E-state index contributed by atoms with van der Waals surface area (Å²) in [7, 11) is 0. The molecule has 102 valence electrons. The summed E-state index contributed by atoms with van der Waals surface area (Å²) in [5.74, 6) is 1.53. The Hall–Kier alpha value is -2.33. The van der Waals surface area contributed by atoms with E-state index >= 15 is 0 Å². The van der Waals surface area contributed by atoms with Crippen molar-refractivity contribution in [2.45, 2.75) is 12.5 Å². The highest BCUT2D eigenvalue weighted by atomic mass is 16.5. The number of amides is 1. The highest BCUT2D eigenvalue weighted by molar-refractivity contribution is 5.99. The lowest BCUT2D eigenvalue weighted by atomic mass is 10.2. The number of ether oxygens (including phenoxy) is 1. The lowest BCUT2D eigenvalue weighted by Gasteiger charge is -2.16. The molecule has 0 aromatic heterocycles. The molecule has 4 heteroatoms. The van der Waals surface area contributed by atoms with E-state index in [1.807, 2.05) is 54.6 Å². The first-order valence-electron chi connectivity index (χ1n) is 6.64. The summed E-state index contributed by atoms with van der Waals surface area (Å²) in [6, 6.07) is 16.7. The van der Waals surface area contributed by atoms with Gasteiger partial charge in [0.2, 0.25) is 5.91 Å². The second kappa shape index (κ2) is 5.35. The van der Waals surface area contributed by atoms with E-state index in [-0.39, 0.29) is 11.9 Å². The minimum absolute atomic E-state index is 0.0123. The lowest BCUT2D eigenvalue weighted by molar-refractivity contribution is -0.118. The van der Waals surface area contributed by atoms with Gasteiger partial charge in [0.25, 0.3) is 0 Å². The minimum atomic E-state index is -0.366. The van der Waals surface area contributed by atoms with Crippen LogP contribution in [0.1, 0.15) is 6.42 Å². The van der Waals surface area contributed by atoms with Crippen LogP contribution in [0.15, 0.2) is 54.6 Å². The summed E-state index contributed by atoms with van der Waals surface area (Å²) in [6.45, 7) is 0.679. The van der Waals surface area contributed by atoms with Gasteiger partial charge in [-0.1, -0.05) is 18.2 Å². The quantitative estimate of drug-likeness (QED) is 0.930. The Bertz CT molecular complexity index is 596. The fourth-order valence-electron chi connectivity index (χ4n) is 2.28. The third kappa shape index (κ3) is 2.51. The van der Waals surface area contributed by atoms with E-state index < -0.39 is 0 Å². The molecule has 2 aromatic carbocycles. The van der Waals surface area contributed by atoms with Gasteiger partial charge in [0.05, 0.1) is 6.04 Å². The van der Waals surface area contributed by atoms with Crippen molar-refractivity contribution >= 4 is 11.6 Å². The van der Waals surface area contributed by atoms with Crippen molar-refractivity contribution in [2.24, 2.45) is 5.73 Å². The summed E-state index contributed by atoms with van der Waals surface area (Å²) in [6.07, 6.45) is 0.709. The Morgan fingerprint density at radius 2 is 1.65 bits per heavy atom. The molecule has 2 aromatic rings. The average Bonchev–Trinajstić information content (AvgIpc) is 2.81.